The summed E-state index contributed by atoms with van der Waals surface area (Å²) in [7, 11) is 0. The molecular weight excluding hydrogens is 416 g/mol. The van der Waals surface area contributed by atoms with Crippen LogP contribution >= 0.6 is 0 Å². The summed E-state index contributed by atoms with van der Waals surface area (Å²) >= 11 is 0. The molecule has 0 radical (unpaired) electrons. The second-order valence-corrected chi connectivity index (χ2v) is 10.1. The highest BCUT2D eigenvalue weighted by atomic mass is 16.7. The van der Waals surface area contributed by atoms with Gasteiger partial charge in [0.05, 0.1) is 0 Å². The van der Waals surface area contributed by atoms with E-state index in [2.05, 4.69) is 32.6 Å². The Balaban J connectivity index is 3.89. The molecule has 34 heavy (non-hydrogen) atoms. The Morgan fingerprint density at radius 1 is 0.529 bits per heavy atom. The Morgan fingerprint density at radius 3 is 1.41 bits per heavy atom. The van der Waals surface area contributed by atoms with Crippen LogP contribution in [0.5, 0.6) is 0 Å². The number of hydrogen-bond donors (Lipinski definition) is 0. The summed E-state index contributed by atoms with van der Waals surface area (Å²) in [5.41, 5.74) is 0. The number of ether oxygens (including phenoxy) is 2. The van der Waals surface area contributed by atoms with Crippen LogP contribution in [0.25, 0.3) is 0 Å². The molecule has 0 amide bonds. The minimum atomic E-state index is 0.0182. The molecule has 0 heterocycles. The van der Waals surface area contributed by atoms with Gasteiger partial charge in [0.2, 0.25) is 0 Å². The van der Waals surface area contributed by atoms with Crippen molar-refractivity contribution in [1.82, 2.24) is 0 Å². The Hall–Kier alpha value is -0.600. The lowest BCUT2D eigenvalue weighted by Gasteiger charge is -2.19. The first-order valence-corrected chi connectivity index (χ1v) is 15.4. The topological polar surface area (TPSA) is 18.5 Å². The first kappa shape index (κ1) is 33.4. The molecule has 0 saturated carbocycles. The average molecular weight is 479 g/mol. The average Bonchev–Trinajstić information content (AvgIpc) is 2.85. The molecule has 0 fully saturated rings. The molecule has 0 saturated heterocycles. The maximum absolute atomic E-state index is 6.19. The molecule has 0 aliphatic rings. The molecule has 0 aromatic rings. The molecule has 2 heteroatoms. The largest absolute Gasteiger partial charge is 0.353 e. The maximum atomic E-state index is 6.19. The molecule has 0 spiro atoms. The van der Waals surface area contributed by atoms with E-state index in [1.807, 2.05) is 6.08 Å². The fourth-order valence-corrected chi connectivity index (χ4v) is 4.41. The van der Waals surface area contributed by atoms with Gasteiger partial charge in [-0.2, -0.15) is 0 Å². The van der Waals surface area contributed by atoms with Gasteiger partial charge in [0.1, 0.15) is 0 Å². The van der Waals surface area contributed by atoms with Gasteiger partial charge in [-0.05, 0) is 38.5 Å². The lowest BCUT2D eigenvalue weighted by molar-refractivity contribution is -0.148. The van der Waals surface area contributed by atoms with E-state index < -0.39 is 0 Å². The van der Waals surface area contributed by atoms with E-state index in [1.165, 1.54) is 141 Å². The monoisotopic (exact) mass is 478 g/mol. The molecule has 0 unspecified atom stereocenters. The predicted molar refractivity (Wildman–Crippen MR) is 153 cm³/mol. The Morgan fingerprint density at radius 2 is 0.941 bits per heavy atom. The van der Waals surface area contributed by atoms with Gasteiger partial charge < -0.3 is 9.47 Å². The summed E-state index contributed by atoms with van der Waals surface area (Å²) in [6.07, 6.45) is 36.4. The van der Waals surface area contributed by atoms with Crippen LogP contribution in [0.15, 0.2) is 24.8 Å². The van der Waals surface area contributed by atoms with Crippen molar-refractivity contribution in [3.05, 3.63) is 24.8 Å². The highest BCUT2D eigenvalue weighted by Crippen LogP contribution is 2.15. The van der Waals surface area contributed by atoms with E-state index in [1.54, 1.807) is 0 Å². The summed E-state index contributed by atoms with van der Waals surface area (Å²) in [6, 6.07) is 0. The van der Waals surface area contributed by atoms with Crippen LogP contribution in [0, 0.1) is 0 Å². The molecule has 0 N–H and O–H groups in total. The highest BCUT2D eigenvalue weighted by molar-refractivity contribution is 4.96. The Bertz CT molecular complexity index is 382. The molecule has 0 aliphatic heterocycles. The lowest BCUT2D eigenvalue weighted by Crippen LogP contribution is -2.19. The van der Waals surface area contributed by atoms with Crippen molar-refractivity contribution >= 4 is 0 Å². The third-order valence-corrected chi connectivity index (χ3v) is 6.69. The predicted octanol–water partition coefficient (Wildman–Crippen LogP) is 11.1. The van der Waals surface area contributed by atoms with Gasteiger partial charge in [-0.15, -0.1) is 0 Å². The summed E-state index contributed by atoms with van der Waals surface area (Å²) in [5.74, 6) is 0. The van der Waals surface area contributed by atoms with Gasteiger partial charge in [0.25, 0.3) is 0 Å². The molecule has 2 nitrogen and oxygen atoms in total. The van der Waals surface area contributed by atoms with Crippen molar-refractivity contribution in [1.29, 1.82) is 0 Å². The number of rotatable bonds is 29. The SMILES string of the molecule is C=C/C=C\CCCCCCCC(OCCCCCCCCCC)OCCCCCCCCCC. The van der Waals surface area contributed by atoms with Crippen molar-refractivity contribution in [2.75, 3.05) is 13.2 Å². The van der Waals surface area contributed by atoms with E-state index in [9.17, 15) is 0 Å². The van der Waals surface area contributed by atoms with Gasteiger partial charge in [-0.3, -0.25) is 0 Å². The van der Waals surface area contributed by atoms with Gasteiger partial charge in [0.15, 0.2) is 6.29 Å². The van der Waals surface area contributed by atoms with E-state index in [4.69, 9.17) is 9.47 Å². The number of unbranched alkanes of at least 4 members (excludes halogenated alkanes) is 19. The molecule has 0 bridgehead atoms. The van der Waals surface area contributed by atoms with Gasteiger partial charge in [0, 0.05) is 13.2 Å². The maximum Gasteiger partial charge on any atom is 0.157 e. The van der Waals surface area contributed by atoms with Crippen LogP contribution < -0.4 is 0 Å². The molecule has 202 valence electrons. The Kier molecular flexibility index (Phi) is 29.9. The minimum absolute atomic E-state index is 0.0182. The smallest absolute Gasteiger partial charge is 0.157 e. The van der Waals surface area contributed by atoms with Crippen molar-refractivity contribution in [2.45, 2.75) is 168 Å². The third-order valence-electron chi connectivity index (χ3n) is 6.69. The highest BCUT2D eigenvalue weighted by Gasteiger charge is 2.09. The van der Waals surface area contributed by atoms with E-state index in [0.29, 0.717) is 0 Å². The molecule has 0 aromatic carbocycles. The zero-order chi connectivity index (χ0) is 24.8. The normalized spacial score (nSPS) is 11.7. The molecular formula is C32H62O2. The molecule has 0 aliphatic carbocycles. The van der Waals surface area contributed by atoms with E-state index in [0.717, 1.165) is 19.6 Å². The quantitative estimate of drug-likeness (QED) is 0.0604. The van der Waals surface area contributed by atoms with Crippen molar-refractivity contribution in [3.63, 3.8) is 0 Å². The minimum Gasteiger partial charge on any atom is -0.353 e. The fourth-order valence-electron chi connectivity index (χ4n) is 4.41. The number of hydrogen-bond acceptors (Lipinski definition) is 2. The summed E-state index contributed by atoms with van der Waals surface area (Å²) in [6.45, 7) is 10.0. The number of allylic oxidation sites excluding steroid dienone is 3. The second-order valence-electron chi connectivity index (χ2n) is 10.1. The van der Waals surface area contributed by atoms with Crippen molar-refractivity contribution in [3.8, 4) is 0 Å². The van der Waals surface area contributed by atoms with Gasteiger partial charge in [-0.25, -0.2) is 0 Å². The summed E-state index contributed by atoms with van der Waals surface area (Å²) in [4.78, 5) is 0. The van der Waals surface area contributed by atoms with Gasteiger partial charge >= 0.3 is 0 Å². The van der Waals surface area contributed by atoms with E-state index in [-0.39, 0.29) is 6.29 Å². The fraction of sp³-hybridized carbons (Fsp3) is 0.875. The molecule has 0 aromatic heterocycles. The van der Waals surface area contributed by atoms with Crippen LogP contribution in [-0.2, 0) is 9.47 Å². The van der Waals surface area contributed by atoms with Crippen LogP contribution in [0.1, 0.15) is 162 Å². The first-order valence-electron chi connectivity index (χ1n) is 15.4. The van der Waals surface area contributed by atoms with Crippen molar-refractivity contribution < 1.29 is 9.47 Å². The van der Waals surface area contributed by atoms with Crippen LogP contribution in [0.3, 0.4) is 0 Å². The standard InChI is InChI=1S/C32H62O2/c1-4-7-10-13-16-19-20-23-26-29-32(33-30-27-24-21-17-14-11-8-5-2)34-31-28-25-22-18-15-12-9-6-3/h4,7,10,32H,1,5-6,8-9,11-31H2,2-3H3/b10-7-. The Labute approximate surface area is 215 Å². The van der Waals surface area contributed by atoms with Crippen LogP contribution in [-0.4, -0.2) is 19.5 Å². The summed E-state index contributed by atoms with van der Waals surface area (Å²) < 4.78 is 12.4. The van der Waals surface area contributed by atoms with Crippen LogP contribution in [0.4, 0.5) is 0 Å². The zero-order valence-electron chi connectivity index (χ0n) is 23.5. The molecule has 0 rings (SSSR count). The second kappa shape index (κ2) is 30.4. The third kappa shape index (κ3) is 27.6. The molecule has 0 atom stereocenters. The first-order chi connectivity index (χ1) is 16.8. The van der Waals surface area contributed by atoms with Crippen LogP contribution in [0.2, 0.25) is 0 Å². The zero-order valence-corrected chi connectivity index (χ0v) is 23.5. The summed E-state index contributed by atoms with van der Waals surface area (Å²) in [5, 5.41) is 0. The lowest BCUT2D eigenvalue weighted by atomic mass is 10.1. The van der Waals surface area contributed by atoms with E-state index >= 15 is 0 Å². The van der Waals surface area contributed by atoms with Gasteiger partial charge in [-0.1, -0.05) is 148 Å². The van der Waals surface area contributed by atoms with Crippen molar-refractivity contribution in [2.24, 2.45) is 0 Å².